The summed E-state index contributed by atoms with van der Waals surface area (Å²) in [6, 6.07) is 12.3. The highest BCUT2D eigenvalue weighted by molar-refractivity contribution is 7.99. The Labute approximate surface area is 154 Å². The van der Waals surface area contributed by atoms with Gasteiger partial charge >= 0.3 is 0 Å². The third-order valence-electron chi connectivity index (χ3n) is 3.62. The standard InChI is InChI=1S/C18H16ClN3O2S/c1-12-13(19)5-4-7-15(12)22-10-9-20-18(22)25-11-17(24)21-14-6-2-3-8-16(14)23/h2-10,23H,11H2,1H3,(H,21,24). The Morgan fingerprint density at radius 3 is 2.88 bits per heavy atom. The number of carbonyl (C=O) groups excluding carboxylic acids is 1. The summed E-state index contributed by atoms with van der Waals surface area (Å²) in [6.45, 7) is 1.94. The first-order valence-corrected chi connectivity index (χ1v) is 8.92. The third kappa shape index (κ3) is 3.97. The van der Waals surface area contributed by atoms with Gasteiger partial charge in [-0.15, -0.1) is 0 Å². The van der Waals surface area contributed by atoms with Crippen LogP contribution in [0.2, 0.25) is 5.02 Å². The molecule has 0 radical (unpaired) electrons. The molecule has 0 unspecified atom stereocenters. The molecular weight excluding hydrogens is 358 g/mol. The van der Waals surface area contributed by atoms with Gasteiger partial charge in [0.2, 0.25) is 5.91 Å². The minimum Gasteiger partial charge on any atom is -0.506 e. The Morgan fingerprint density at radius 1 is 1.28 bits per heavy atom. The van der Waals surface area contributed by atoms with E-state index in [-0.39, 0.29) is 17.4 Å². The largest absolute Gasteiger partial charge is 0.506 e. The quantitative estimate of drug-likeness (QED) is 0.517. The Kier molecular flexibility index (Phi) is 5.31. The van der Waals surface area contributed by atoms with E-state index in [0.29, 0.717) is 15.9 Å². The Bertz CT molecular complexity index is 911. The molecule has 5 nitrogen and oxygen atoms in total. The Morgan fingerprint density at radius 2 is 2.08 bits per heavy atom. The molecule has 1 aromatic heterocycles. The van der Waals surface area contributed by atoms with E-state index in [1.165, 1.54) is 17.8 Å². The first-order chi connectivity index (χ1) is 12.1. The molecule has 3 rings (SSSR count). The first kappa shape index (κ1) is 17.4. The molecule has 0 aliphatic heterocycles. The van der Waals surface area contributed by atoms with Crippen molar-refractivity contribution in [1.82, 2.24) is 9.55 Å². The second kappa shape index (κ2) is 7.63. The molecule has 2 N–H and O–H groups in total. The van der Waals surface area contributed by atoms with E-state index < -0.39 is 0 Å². The molecule has 0 bridgehead atoms. The molecule has 0 fully saturated rings. The maximum Gasteiger partial charge on any atom is 0.234 e. The van der Waals surface area contributed by atoms with Gasteiger partial charge in [0.15, 0.2) is 5.16 Å². The van der Waals surface area contributed by atoms with Crippen molar-refractivity contribution in [3.05, 3.63) is 65.4 Å². The molecule has 25 heavy (non-hydrogen) atoms. The number of nitrogens with one attached hydrogen (secondary N) is 1. The van der Waals surface area contributed by atoms with Crippen LogP contribution in [0.25, 0.3) is 5.69 Å². The van der Waals surface area contributed by atoms with Crippen molar-refractivity contribution in [2.24, 2.45) is 0 Å². The first-order valence-electron chi connectivity index (χ1n) is 7.55. The topological polar surface area (TPSA) is 67.2 Å². The van der Waals surface area contributed by atoms with Crippen LogP contribution < -0.4 is 5.32 Å². The number of amides is 1. The van der Waals surface area contributed by atoms with Gasteiger partial charge in [0.1, 0.15) is 5.75 Å². The summed E-state index contributed by atoms with van der Waals surface area (Å²) in [5, 5.41) is 13.8. The molecule has 7 heteroatoms. The maximum absolute atomic E-state index is 12.1. The zero-order chi connectivity index (χ0) is 17.8. The molecule has 0 aliphatic carbocycles. The second-order valence-corrected chi connectivity index (χ2v) is 6.67. The van der Waals surface area contributed by atoms with Crippen LogP contribution in [-0.4, -0.2) is 26.3 Å². The smallest absolute Gasteiger partial charge is 0.234 e. The molecule has 0 atom stereocenters. The number of hydrogen-bond acceptors (Lipinski definition) is 4. The van der Waals surface area contributed by atoms with E-state index in [2.05, 4.69) is 10.3 Å². The number of carbonyl (C=O) groups is 1. The fourth-order valence-corrected chi connectivity index (χ4v) is 3.27. The third-order valence-corrected chi connectivity index (χ3v) is 4.99. The number of benzene rings is 2. The SMILES string of the molecule is Cc1c(Cl)cccc1-n1ccnc1SCC(=O)Nc1ccccc1O. The second-order valence-electron chi connectivity index (χ2n) is 5.32. The van der Waals surface area contributed by atoms with Crippen molar-refractivity contribution in [3.8, 4) is 11.4 Å². The minimum atomic E-state index is -0.219. The van der Waals surface area contributed by atoms with Crippen LogP contribution in [0.5, 0.6) is 5.75 Å². The van der Waals surface area contributed by atoms with Gasteiger partial charge in [-0.05, 0) is 36.8 Å². The number of halogens is 1. The highest BCUT2D eigenvalue weighted by atomic mass is 35.5. The van der Waals surface area contributed by atoms with Crippen molar-refractivity contribution in [2.45, 2.75) is 12.1 Å². The summed E-state index contributed by atoms with van der Waals surface area (Å²) < 4.78 is 1.90. The average molecular weight is 374 g/mol. The van der Waals surface area contributed by atoms with Gasteiger partial charge in [-0.25, -0.2) is 4.98 Å². The average Bonchev–Trinajstić information content (AvgIpc) is 3.06. The van der Waals surface area contributed by atoms with Crippen LogP contribution in [0.3, 0.4) is 0 Å². The number of rotatable bonds is 5. The fraction of sp³-hybridized carbons (Fsp3) is 0.111. The molecular formula is C18H16ClN3O2S. The number of imidazole rings is 1. The zero-order valence-corrected chi connectivity index (χ0v) is 15.0. The van der Waals surface area contributed by atoms with Crippen molar-refractivity contribution >= 4 is 35.0 Å². The highest BCUT2D eigenvalue weighted by Gasteiger charge is 2.12. The Hall–Kier alpha value is -2.44. The van der Waals surface area contributed by atoms with E-state index in [0.717, 1.165) is 11.3 Å². The van der Waals surface area contributed by atoms with Crippen molar-refractivity contribution in [2.75, 3.05) is 11.1 Å². The van der Waals surface area contributed by atoms with Crippen LogP contribution in [0.15, 0.2) is 60.0 Å². The van der Waals surface area contributed by atoms with E-state index in [1.54, 1.807) is 24.4 Å². The molecule has 3 aromatic rings. The lowest BCUT2D eigenvalue weighted by atomic mass is 10.2. The van der Waals surface area contributed by atoms with Gasteiger partial charge in [0.05, 0.1) is 17.1 Å². The molecule has 0 saturated carbocycles. The summed E-state index contributed by atoms with van der Waals surface area (Å²) in [5.74, 6) is -0.00826. The number of aromatic nitrogens is 2. The number of nitrogens with zero attached hydrogens (tertiary/aromatic N) is 2. The molecule has 0 spiro atoms. The number of phenolic OH excluding ortho intramolecular Hbond substituents is 1. The number of aromatic hydroxyl groups is 1. The molecule has 0 saturated heterocycles. The fourth-order valence-electron chi connectivity index (χ4n) is 2.33. The summed E-state index contributed by atoms with van der Waals surface area (Å²) in [5.41, 5.74) is 2.26. The Balaban J connectivity index is 1.71. The van der Waals surface area contributed by atoms with Gasteiger partial charge in [0, 0.05) is 17.4 Å². The van der Waals surface area contributed by atoms with Crippen molar-refractivity contribution in [1.29, 1.82) is 0 Å². The van der Waals surface area contributed by atoms with Crippen molar-refractivity contribution in [3.63, 3.8) is 0 Å². The van der Waals surface area contributed by atoms with Gasteiger partial charge < -0.3 is 10.4 Å². The van der Waals surface area contributed by atoms with Crippen LogP contribution in [0.4, 0.5) is 5.69 Å². The predicted octanol–water partition coefficient (Wildman–Crippen LogP) is 4.27. The number of para-hydroxylation sites is 2. The summed E-state index contributed by atoms with van der Waals surface area (Å²) >= 11 is 7.50. The van der Waals surface area contributed by atoms with Gasteiger partial charge in [-0.2, -0.15) is 0 Å². The monoisotopic (exact) mass is 373 g/mol. The molecule has 1 heterocycles. The van der Waals surface area contributed by atoms with Crippen LogP contribution in [0.1, 0.15) is 5.56 Å². The number of anilines is 1. The maximum atomic E-state index is 12.1. The normalized spacial score (nSPS) is 10.6. The lowest BCUT2D eigenvalue weighted by molar-refractivity contribution is -0.113. The molecule has 0 aliphatic rings. The number of hydrogen-bond donors (Lipinski definition) is 2. The van der Waals surface area contributed by atoms with E-state index in [9.17, 15) is 9.90 Å². The summed E-state index contributed by atoms with van der Waals surface area (Å²) in [4.78, 5) is 16.4. The highest BCUT2D eigenvalue weighted by Crippen LogP contribution is 2.27. The van der Waals surface area contributed by atoms with Crippen LogP contribution in [0, 0.1) is 6.92 Å². The molecule has 1 amide bonds. The predicted molar refractivity (Wildman–Crippen MR) is 101 cm³/mol. The summed E-state index contributed by atoms with van der Waals surface area (Å²) in [7, 11) is 0. The van der Waals surface area contributed by atoms with Gasteiger partial charge in [0.25, 0.3) is 0 Å². The summed E-state index contributed by atoms with van der Waals surface area (Å²) in [6.07, 6.45) is 3.52. The van der Waals surface area contributed by atoms with Gasteiger partial charge in [-0.1, -0.05) is 41.6 Å². The number of thioether (sulfide) groups is 1. The van der Waals surface area contributed by atoms with E-state index >= 15 is 0 Å². The zero-order valence-electron chi connectivity index (χ0n) is 13.4. The van der Waals surface area contributed by atoms with E-state index in [1.807, 2.05) is 35.9 Å². The molecule has 128 valence electrons. The lowest BCUT2D eigenvalue weighted by Gasteiger charge is -2.11. The molecule has 2 aromatic carbocycles. The van der Waals surface area contributed by atoms with Crippen LogP contribution in [-0.2, 0) is 4.79 Å². The van der Waals surface area contributed by atoms with Gasteiger partial charge in [-0.3, -0.25) is 9.36 Å². The minimum absolute atomic E-state index is 0.0388. The van der Waals surface area contributed by atoms with Crippen LogP contribution >= 0.6 is 23.4 Å². The lowest BCUT2D eigenvalue weighted by Crippen LogP contribution is -2.14. The van der Waals surface area contributed by atoms with Crippen molar-refractivity contribution < 1.29 is 9.90 Å². The number of phenols is 1. The van der Waals surface area contributed by atoms with E-state index in [4.69, 9.17) is 11.6 Å².